The molecule has 0 aliphatic rings. The maximum absolute atomic E-state index is 5.80. The van der Waals surface area contributed by atoms with Crippen molar-refractivity contribution in [2.75, 3.05) is 6.54 Å². The molecule has 2 aromatic rings. The zero-order chi connectivity index (χ0) is 15.2. The van der Waals surface area contributed by atoms with Gasteiger partial charge in [-0.2, -0.15) is 0 Å². The maximum atomic E-state index is 5.80. The van der Waals surface area contributed by atoms with Crippen LogP contribution in [0.25, 0.3) is 11.3 Å². The van der Waals surface area contributed by atoms with E-state index in [-0.39, 0.29) is 6.10 Å². The Bertz CT molecular complexity index is 561. The van der Waals surface area contributed by atoms with Crippen LogP contribution in [-0.2, 0) is 6.42 Å². The van der Waals surface area contributed by atoms with E-state index in [1.165, 1.54) is 0 Å². The summed E-state index contributed by atoms with van der Waals surface area (Å²) in [6, 6.07) is 8.38. The number of nitrogens with one attached hydrogen (secondary N) is 1. The molecule has 2 rings (SSSR count). The van der Waals surface area contributed by atoms with E-state index >= 15 is 0 Å². The standard InChI is InChI=1S/C17H24N2O2/c1-12(2)18-9-8-17-19-11-16(21-17)14-6-5-7-15(10-14)20-13(3)4/h5-7,10-13,18H,8-9H2,1-4H3. The van der Waals surface area contributed by atoms with Gasteiger partial charge in [0.25, 0.3) is 0 Å². The molecule has 0 radical (unpaired) electrons. The molecule has 1 aromatic heterocycles. The van der Waals surface area contributed by atoms with E-state index in [0.717, 1.165) is 35.9 Å². The van der Waals surface area contributed by atoms with Gasteiger partial charge in [0.2, 0.25) is 0 Å². The van der Waals surface area contributed by atoms with Gasteiger partial charge in [0.1, 0.15) is 5.75 Å². The van der Waals surface area contributed by atoms with Crippen LogP contribution >= 0.6 is 0 Å². The first-order valence-electron chi connectivity index (χ1n) is 7.50. The molecule has 0 aliphatic carbocycles. The lowest BCUT2D eigenvalue weighted by atomic mass is 10.2. The Balaban J connectivity index is 2.03. The Labute approximate surface area is 126 Å². The van der Waals surface area contributed by atoms with Gasteiger partial charge in [-0.15, -0.1) is 0 Å². The highest BCUT2D eigenvalue weighted by atomic mass is 16.5. The number of hydrogen-bond donors (Lipinski definition) is 1. The summed E-state index contributed by atoms with van der Waals surface area (Å²) in [7, 11) is 0. The van der Waals surface area contributed by atoms with Gasteiger partial charge >= 0.3 is 0 Å². The van der Waals surface area contributed by atoms with Gasteiger partial charge in [-0.1, -0.05) is 26.0 Å². The highest BCUT2D eigenvalue weighted by Gasteiger charge is 2.08. The normalized spacial score (nSPS) is 11.3. The third kappa shape index (κ3) is 4.90. The maximum Gasteiger partial charge on any atom is 0.196 e. The molecule has 1 aromatic carbocycles. The molecule has 114 valence electrons. The van der Waals surface area contributed by atoms with Crippen molar-refractivity contribution in [1.82, 2.24) is 10.3 Å². The quantitative estimate of drug-likeness (QED) is 0.844. The second-order valence-electron chi connectivity index (χ2n) is 5.67. The molecule has 0 spiro atoms. The summed E-state index contributed by atoms with van der Waals surface area (Å²) >= 11 is 0. The zero-order valence-corrected chi connectivity index (χ0v) is 13.2. The summed E-state index contributed by atoms with van der Waals surface area (Å²) in [6.07, 6.45) is 2.73. The third-order valence-electron chi connectivity index (χ3n) is 2.94. The van der Waals surface area contributed by atoms with Crippen LogP contribution in [-0.4, -0.2) is 23.7 Å². The minimum absolute atomic E-state index is 0.160. The smallest absolute Gasteiger partial charge is 0.196 e. The fraction of sp³-hybridized carbons (Fsp3) is 0.471. The summed E-state index contributed by atoms with van der Waals surface area (Å²) in [5.74, 6) is 2.39. The Hall–Kier alpha value is -1.81. The number of aromatic nitrogens is 1. The number of nitrogens with zero attached hydrogens (tertiary/aromatic N) is 1. The summed E-state index contributed by atoms with van der Waals surface area (Å²) in [5, 5.41) is 3.35. The lowest BCUT2D eigenvalue weighted by molar-refractivity contribution is 0.242. The van der Waals surface area contributed by atoms with E-state index < -0.39 is 0 Å². The van der Waals surface area contributed by atoms with Crippen molar-refractivity contribution < 1.29 is 9.15 Å². The topological polar surface area (TPSA) is 47.3 Å². The van der Waals surface area contributed by atoms with Gasteiger partial charge < -0.3 is 14.5 Å². The van der Waals surface area contributed by atoms with Gasteiger partial charge in [-0.05, 0) is 26.0 Å². The lowest BCUT2D eigenvalue weighted by Crippen LogP contribution is -2.24. The van der Waals surface area contributed by atoms with E-state index in [0.29, 0.717) is 6.04 Å². The van der Waals surface area contributed by atoms with E-state index in [2.05, 4.69) is 24.1 Å². The van der Waals surface area contributed by atoms with Crippen LogP contribution in [0.2, 0.25) is 0 Å². The predicted molar refractivity (Wildman–Crippen MR) is 84.5 cm³/mol. The molecule has 0 fully saturated rings. The first-order valence-corrected chi connectivity index (χ1v) is 7.50. The van der Waals surface area contributed by atoms with Crippen molar-refractivity contribution in [2.24, 2.45) is 0 Å². The molecule has 1 heterocycles. The monoisotopic (exact) mass is 288 g/mol. The molecule has 0 aliphatic heterocycles. The van der Waals surface area contributed by atoms with Gasteiger partial charge in [-0.25, -0.2) is 4.98 Å². The average Bonchev–Trinajstić information content (AvgIpc) is 2.86. The molecular weight excluding hydrogens is 264 g/mol. The largest absolute Gasteiger partial charge is 0.491 e. The molecule has 0 amide bonds. The second kappa shape index (κ2) is 7.27. The van der Waals surface area contributed by atoms with E-state index in [9.17, 15) is 0 Å². The Morgan fingerprint density at radius 1 is 1.24 bits per heavy atom. The van der Waals surface area contributed by atoms with E-state index in [4.69, 9.17) is 9.15 Å². The lowest BCUT2D eigenvalue weighted by Gasteiger charge is -2.10. The van der Waals surface area contributed by atoms with Crippen LogP contribution in [0.4, 0.5) is 0 Å². The van der Waals surface area contributed by atoms with Crippen molar-refractivity contribution in [1.29, 1.82) is 0 Å². The Morgan fingerprint density at radius 3 is 2.76 bits per heavy atom. The van der Waals surface area contributed by atoms with E-state index in [1.807, 2.05) is 38.1 Å². The van der Waals surface area contributed by atoms with Crippen LogP contribution in [0.5, 0.6) is 5.75 Å². The summed E-state index contributed by atoms with van der Waals surface area (Å²) in [6.45, 7) is 9.15. The molecule has 4 nitrogen and oxygen atoms in total. The fourth-order valence-corrected chi connectivity index (χ4v) is 2.02. The number of benzene rings is 1. The van der Waals surface area contributed by atoms with Crippen LogP contribution in [0.1, 0.15) is 33.6 Å². The number of oxazole rings is 1. The Kier molecular flexibility index (Phi) is 5.39. The van der Waals surface area contributed by atoms with Crippen LogP contribution in [0.3, 0.4) is 0 Å². The summed E-state index contributed by atoms with van der Waals surface area (Å²) < 4.78 is 11.5. The third-order valence-corrected chi connectivity index (χ3v) is 2.94. The molecular formula is C17H24N2O2. The minimum Gasteiger partial charge on any atom is -0.491 e. The molecule has 0 unspecified atom stereocenters. The second-order valence-corrected chi connectivity index (χ2v) is 5.67. The van der Waals surface area contributed by atoms with Crippen molar-refractivity contribution in [3.05, 3.63) is 36.4 Å². The number of rotatable bonds is 7. The van der Waals surface area contributed by atoms with E-state index in [1.54, 1.807) is 6.20 Å². The van der Waals surface area contributed by atoms with Crippen LogP contribution in [0.15, 0.2) is 34.9 Å². The Morgan fingerprint density at radius 2 is 2.05 bits per heavy atom. The molecule has 0 saturated heterocycles. The van der Waals surface area contributed by atoms with Crippen molar-refractivity contribution in [3.8, 4) is 17.1 Å². The average molecular weight is 288 g/mol. The highest BCUT2D eigenvalue weighted by Crippen LogP contribution is 2.25. The molecule has 21 heavy (non-hydrogen) atoms. The first-order chi connectivity index (χ1) is 10.0. The number of ether oxygens (including phenoxy) is 1. The molecule has 0 bridgehead atoms. The van der Waals surface area contributed by atoms with Gasteiger partial charge in [0.05, 0.1) is 12.3 Å². The summed E-state index contributed by atoms with van der Waals surface area (Å²) in [4.78, 5) is 4.33. The predicted octanol–water partition coefficient (Wildman–Crippen LogP) is 3.67. The highest BCUT2D eigenvalue weighted by molar-refractivity contribution is 5.58. The van der Waals surface area contributed by atoms with Crippen LogP contribution < -0.4 is 10.1 Å². The van der Waals surface area contributed by atoms with Gasteiger partial charge in [0.15, 0.2) is 11.7 Å². The SMILES string of the molecule is CC(C)NCCc1ncc(-c2cccc(OC(C)C)c2)o1. The molecule has 0 saturated carbocycles. The first kappa shape index (κ1) is 15.6. The summed E-state index contributed by atoms with van der Waals surface area (Å²) in [5.41, 5.74) is 0.990. The molecule has 0 atom stereocenters. The zero-order valence-electron chi connectivity index (χ0n) is 13.2. The number of hydrogen-bond acceptors (Lipinski definition) is 4. The van der Waals surface area contributed by atoms with Crippen LogP contribution in [0, 0.1) is 0 Å². The molecule has 1 N–H and O–H groups in total. The van der Waals surface area contributed by atoms with Crippen molar-refractivity contribution >= 4 is 0 Å². The van der Waals surface area contributed by atoms with Crippen molar-refractivity contribution in [2.45, 2.75) is 46.3 Å². The molecule has 4 heteroatoms. The van der Waals surface area contributed by atoms with Gasteiger partial charge in [-0.3, -0.25) is 0 Å². The van der Waals surface area contributed by atoms with Gasteiger partial charge in [0, 0.05) is 24.6 Å². The minimum atomic E-state index is 0.160. The fourth-order valence-electron chi connectivity index (χ4n) is 2.02. The van der Waals surface area contributed by atoms with Crippen molar-refractivity contribution in [3.63, 3.8) is 0 Å².